The fourth-order valence-corrected chi connectivity index (χ4v) is 3.75. The number of nitrogens with zero attached hydrogens (tertiary/aromatic N) is 1. The topological polar surface area (TPSA) is 23.5 Å². The maximum Gasteiger partial charge on any atom is 0.0497 e. The fraction of sp³-hybridized carbons (Fsp3) is 0.647. The van der Waals surface area contributed by atoms with Crippen LogP contribution >= 0.6 is 0 Å². The highest BCUT2D eigenvalue weighted by atomic mass is 16.3. The van der Waals surface area contributed by atoms with Crippen molar-refractivity contribution in [2.75, 3.05) is 24.6 Å². The molecule has 1 unspecified atom stereocenters. The molecule has 1 aliphatic heterocycles. The van der Waals surface area contributed by atoms with Gasteiger partial charge >= 0.3 is 0 Å². The van der Waals surface area contributed by atoms with E-state index in [4.69, 9.17) is 0 Å². The van der Waals surface area contributed by atoms with Crippen molar-refractivity contribution in [3.05, 3.63) is 29.3 Å². The monoisotopic (exact) mass is 259 g/mol. The van der Waals surface area contributed by atoms with Gasteiger partial charge in [-0.1, -0.05) is 38.0 Å². The highest BCUT2D eigenvalue weighted by Crippen LogP contribution is 2.37. The van der Waals surface area contributed by atoms with E-state index in [2.05, 4.69) is 30.0 Å². The van der Waals surface area contributed by atoms with E-state index in [-0.39, 0.29) is 12.5 Å². The van der Waals surface area contributed by atoms with Crippen LogP contribution in [0.15, 0.2) is 18.2 Å². The van der Waals surface area contributed by atoms with Gasteiger partial charge in [0.05, 0.1) is 0 Å². The number of hydrogen-bond donors (Lipinski definition) is 1. The van der Waals surface area contributed by atoms with Gasteiger partial charge in [0.2, 0.25) is 0 Å². The lowest BCUT2D eigenvalue weighted by atomic mass is 9.96. The van der Waals surface area contributed by atoms with Crippen LogP contribution in [0.25, 0.3) is 0 Å². The van der Waals surface area contributed by atoms with Crippen molar-refractivity contribution < 1.29 is 5.11 Å². The Balaban J connectivity index is 1.84. The molecule has 0 amide bonds. The zero-order valence-corrected chi connectivity index (χ0v) is 11.9. The number of rotatable bonds is 4. The van der Waals surface area contributed by atoms with E-state index in [1.165, 1.54) is 62.0 Å². The Morgan fingerprint density at radius 3 is 2.84 bits per heavy atom. The molecule has 1 atom stereocenters. The summed E-state index contributed by atoms with van der Waals surface area (Å²) in [7, 11) is 0. The Morgan fingerprint density at radius 2 is 2.11 bits per heavy atom. The van der Waals surface area contributed by atoms with Crippen LogP contribution in [0, 0.1) is 5.92 Å². The quantitative estimate of drug-likeness (QED) is 0.896. The standard InChI is InChI=1S/C17H25NO/c1-13(12-19)16-8-4-7-15-9-10-18(17(15)16)11-14-5-2-3-6-14/h4,7-8,13-14,19H,2-3,5-6,9-12H2,1H3. The Labute approximate surface area is 116 Å². The molecule has 1 aromatic rings. The van der Waals surface area contributed by atoms with Gasteiger partial charge in [0, 0.05) is 31.3 Å². The molecule has 0 radical (unpaired) electrons. The normalized spacial score (nSPS) is 20.8. The van der Waals surface area contributed by atoms with Crippen molar-refractivity contribution in [2.24, 2.45) is 5.92 Å². The minimum Gasteiger partial charge on any atom is -0.396 e. The van der Waals surface area contributed by atoms with Gasteiger partial charge in [-0.2, -0.15) is 0 Å². The number of anilines is 1. The lowest BCUT2D eigenvalue weighted by Crippen LogP contribution is -2.27. The summed E-state index contributed by atoms with van der Waals surface area (Å²) in [4.78, 5) is 2.59. The van der Waals surface area contributed by atoms with Crippen LogP contribution in [0.3, 0.4) is 0 Å². The van der Waals surface area contributed by atoms with Crippen molar-refractivity contribution >= 4 is 5.69 Å². The lowest BCUT2D eigenvalue weighted by Gasteiger charge is -2.27. The Hall–Kier alpha value is -1.02. The van der Waals surface area contributed by atoms with Gasteiger partial charge in [-0.05, 0) is 36.3 Å². The number of benzene rings is 1. The van der Waals surface area contributed by atoms with Gasteiger partial charge in [-0.25, -0.2) is 0 Å². The summed E-state index contributed by atoms with van der Waals surface area (Å²) < 4.78 is 0. The van der Waals surface area contributed by atoms with E-state index in [0.29, 0.717) is 0 Å². The Morgan fingerprint density at radius 1 is 1.32 bits per heavy atom. The van der Waals surface area contributed by atoms with E-state index < -0.39 is 0 Å². The molecule has 1 heterocycles. The molecule has 2 aliphatic rings. The van der Waals surface area contributed by atoms with Crippen molar-refractivity contribution in [2.45, 2.75) is 44.9 Å². The van der Waals surface area contributed by atoms with E-state index >= 15 is 0 Å². The molecular formula is C17H25NO. The van der Waals surface area contributed by atoms with Crippen molar-refractivity contribution in [3.63, 3.8) is 0 Å². The molecule has 0 aromatic heterocycles. The van der Waals surface area contributed by atoms with Crippen LogP contribution in [0.4, 0.5) is 5.69 Å². The lowest BCUT2D eigenvalue weighted by molar-refractivity contribution is 0.273. The number of aliphatic hydroxyl groups excluding tert-OH is 1. The summed E-state index contributed by atoms with van der Waals surface area (Å²) >= 11 is 0. The molecule has 1 fully saturated rings. The first-order valence-electron chi connectivity index (χ1n) is 7.77. The van der Waals surface area contributed by atoms with E-state index in [1.807, 2.05) is 0 Å². The molecule has 2 nitrogen and oxygen atoms in total. The molecule has 2 heteroatoms. The van der Waals surface area contributed by atoms with Gasteiger partial charge in [-0.15, -0.1) is 0 Å². The van der Waals surface area contributed by atoms with E-state index in [9.17, 15) is 5.11 Å². The minimum absolute atomic E-state index is 0.244. The van der Waals surface area contributed by atoms with Crippen LogP contribution in [-0.4, -0.2) is 24.8 Å². The summed E-state index contributed by atoms with van der Waals surface area (Å²) in [6.07, 6.45) is 6.82. The predicted molar refractivity (Wildman–Crippen MR) is 79.8 cm³/mol. The molecule has 0 spiro atoms. The molecule has 0 saturated heterocycles. The molecule has 19 heavy (non-hydrogen) atoms. The molecule has 1 N–H and O–H groups in total. The second-order valence-corrected chi connectivity index (χ2v) is 6.29. The summed E-state index contributed by atoms with van der Waals surface area (Å²) in [6.45, 7) is 4.76. The predicted octanol–water partition coefficient (Wildman–Crippen LogP) is 3.34. The fourth-order valence-electron chi connectivity index (χ4n) is 3.75. The number of hydrogen-bond acceptors (Lipinski definition) is 2. The molecule has 1 aromatic carbocycles. The third kappa shape index (κ3) is 2.51. The highest BCUT2D eigenvalue weighted by molar-refractivity contribution is 5.64. The van der Waals surface area contributed by atoms with Crippen LogP contribution in [0.1, 0.15) is 49.7 Å². The maximum absolute atomic E-state index is 9.47. The summed E-state index contributed by atoms with van der Waals surface area (Å²) in [5.41, 5.74) is 4.27. The minimum atomic E-state index is 0.244. The zero-order valence-electron chi connectivity index (χ0n) is 11.9. The zero-order chi connectivity index (χ0) is 13.2. The first kappa shape index (κ1) is 13.0. The average Bonchev–Trinajstić information content (AvgIpc) is 3.08. The van der Waals surface area contributed by atoms with E-state index in [1.54, 1.807) is 0 Å². The molecular weight excluding hydrogens is 234 g/mol. The number of aliphatic hydroxyl groups is 1. The highest BCUT2D eigenvalue weighted by Gasteiger charge is 2.27. The van der Waals surface area contributed by atoms with Crippen LogP contribution < -0.4 is 4.90 Å². The summed E-state index contributed by atoms with van der Waals surface area (Å²) in [5, 5.41) is 9.47. The maximum atomic E-state index is 9.47. The number of fused-ring (bicyclic) bond motifs is 1. The molecule has 104 valence electrons. The molecule has 1 aliphatic carbocycles. The Kier molecular flexibility index (Phi) is 3.79. The number of para-hydroxylation sites is 1. The molecule has 3 rings (SSSR count). The molecule has 0 bridgehead atoms. The summed E-state index contributed by atoms with van der Waals surface area (Å²) in [5.74, 6) is 1.14. The van der Waals surface area contributed by atoms with Crippen molar-refractivity contribution in [3.8, 4) is 0 Å². The third-order valence-corrected chi connectivity index (χ3v) is 4.88. The first-order chi connectivity index (χ1) is 9.29. The second kappa shape index (κ2) is 5.54. The summed E-state index contributed by atoms with van der Waals surface area (Å²) in [6, 6.07) is 6.61. The van der Waals surface area contributed by atoms with Gasteiger partial charge in [0.1, 0.15) is 0 Å². The van der Waals surface area contributed by atoms with Gasteiger partial charge in [0.25, 0.3) is 0 Å². The van der Waals surface area contributed by atoms with Crippen LogP contribution in [0.5, 0.6) is 0 Å². The largest absolute Gasteiger partial charge is 0.396 e. The average molecular weight is 259 g/mol. The second-order valence-electron chi connectivity index (χ2n) is 6.29. The van der Waals surface area contributed by atoms with Crippen molar-refractivity contribution in [1.82, 2.24) is 0 Å². The van der Waals surface area contributed by atoms with Gasteiger partial charge < -0.3 is 10.0 Å². The Bertz CT molecular complexity index is 437. The van der Waals surface area contributed by atoms with Crippen LogP contribution in [-0.2, 0) is 6.42 Å². The van der Waals surface area contributed by atoms with Crippen molar-refractivity contribution in [1.29, 1.82) is 0 Å². The van der Waals surface area contributed by atoms with E-state index in [0.717, 1.165) is 5.92 Å². The molecule has 1 saturated carbocycles. The SMILES string of the molecule is CC(CO)c1cccc2c1N(CC1CCCC1)CC2. The first-order valence-corrected chi connectivity index (χ1v) is 7.77. The van der Waals surface area contributed by atoms with Gasteiger partial charge in [0.15, 0.2) is 0 Å². The van der Waals surface area contributed by atoms with Crippen LogP contribution in [0.2, 0.25) is 0 Å². The third-order valence-electron chi connectivity index (χ3n) is 4.88. The smallest absolute Gasteiger partial charge is 0.0497 e. The van der Waals surface area contributed by atoms with Gasteiger partial charge in [-0.3, -0.25) is 0 Å².